The zero-order chi connectivity index (χ0) is 19.5. The molecule has 4 rings (SSSR count). The largest absolute Gasteiger partial charge is 0.378 e. The highest BCUT2D eigenvalue weighted by Gasteiger charge is 2.18. The number of H-pyrrole nitrogens is 1. The van der Waals surface area contributed by atoms with E-state index < -0.39 is 0 Å². The summed E-state index contributed by atoms with van der Waals surface area (Å²) in [5.74, 6) is 1.14. The predicted octanol–water partition coefficient (Wildman–Crippen LogP) is 1.09. The summed E-state index contributed by atoms with van der Waals surface area (Å²) in [6.07, 6.45) is 3.14. The lowest BCUT2D eigenvalue weighted by Gasteiger charge is -2.27. The molecule has 10 nitrogen and oxygen atoms in total. The molecule has 4 N–H and O–H groups in total. The SMILES string of the molecule is Cc1cc(Nc2cc(-c3cnc(N)[nH]c3=O)nc(N3CCOCC3)n2)ccn1. The van der Waals surface area contributed by atoms with E-state index in [4.69, 9.17) is 10.5 Å². The van der Waals surface area contributed by atoms with Gasteiger partial charge < -0.3 is 20.7 Å². The monoisotopic (exact) mass is 380 g/mol. The maximum Gasteiger partial charge on any atom is 0.261 e. The van der Waals surface area contributed by atoms with E-state index in [-0.39, 0.29) is 11.5 Å². The summed E-state index contributed by atoms with van der Waals surface area (Å²) >= 11 is 0. The van der Waals surface area contributed by atoms with Crippen LogP contribution in [0.25, 0.3) is 11.3 Å². The number of nitrogen functional groups attached to an aromatic ring is 1. The van der Waals surface area contributed by atoms with Gasteiger partial charge in [-0.3, -0.25) is 14.8 Å². The Morgan fingerprint density at radius 1 is 1.21 bits per heavy atom. The van der Waals surface area contributed by atoms with Gasteiger partial charge in [0.05, 0.1) is 24.5 Å². The molecule has 1 aliphatic rings. The molecule has 0 radical (unpaired) electrons. The van der Waals surface area contributed by atoms with Crippen molar-refractivity contribution in [2.45, 2.75) is 6.92 Å². The van der Waals surface area contributed by atoms with Crippen LogP contribution < -0.4 is 21.5 Å². The topological polar surface area (TPSA) is 135 Å². The second-order valence-electron chi connectivity index (χ2n) is 6.36. The number of aromatic nitrogens is 5. The number of nitrogens with two attached hydrogens (primary N) is 1. The quantitative estimate of drug-likeness (QED) is 0.608. The van der Waals surface area contributed by atoms with Crippen molar-refractivity contribution in [3.63, 3.8) is 0 Å². The Bertz CT molecular complexity index is 1050. The molecule has 28 heavy (non-hydrogen) atoms. The average molecular weight is 380 g/mol. The van der Waals surface area contributed by atoms with Crippen LogP contribution in [-0.4, -0.2) is 51.2 Å². The number of hydrogen-bond acceptors (Lipinski definition) is 9. The Morgan fingerprint density at radius 3 is 2.79 bits per heavy atom. The Morgan fingerprint density at radius 2 is 2.04 bits per heavy atom. The highest BCUT2D eigenvalue weighted by molar-refractivity contribution is 5.67. The minimum atomic E-state index is -0.357. The average Bonchev–Trinajstić information content (AvgIpc) is 2.68. The molecule has 0 unspecified atom stereocenters. The van der Waals surface area contributed by atoms with Crippen LogP contribution in [0.4, 0.5) is 23.4 Å². The summed E-state index contributed by atoms with van der Waals surface area (Å²) in [6.45, 7) is 4.46. The number of aryl methyl sites for hydroxylation is 1. The van der Waals surface area contributed by atoms with Crippen molar-refractivity contribution in [2.75, 3.05) is 42.3 Å². The van der Waals surface area contributed by atoms with Crippen molar-refractivity contribution in [3.8, 4) is 11.3 Å². The van der Waals surface area contributed by atoms with Gasteiger partial charge in [0.2, 0.25) is 5.95 Å². The second kappa shape index (κ2) is 7.61. The molecule has 0 bridgehead atoms. The zero-order valence-electron chi connectivity index (χ0n) is 15.3. The Labute approximate surface area is 160 Å². The van der Waals surface area contributed by atoms with E-state index >= 15 is 0 Å². The molecule has 3 aromatic heterocycles. The lowest BCUT2D eigenvalue weighted by Crippen LogP contribution is -2.37. The molecular formula is C18H20N8O2. The number of morpholine rings is 1. The van der Waals surface area contributed by atoms with E-state index in [1.54, 1.807) is 12.3 Å². The third-order valence-electron chi connectivity index (χ3n) is 4.27. The van der Waals surface area contributed by atoms with Crippen LogP contribution >= 0.6 is 0 Å². The molecule has 0 spiro atoms. The molecular weight excluding hydrogens is 360 g/mol. The van der Waals surface area contributed by atoms with Gasteiger partial charge in [-0.15, -0.1) is 0 Å². The van der Waals surface area contributed by atoms with Gasteiger partial charge in [-0.05, 0) is 19.1 Å². The molecule has 1 fully saturated rings. The van der Waals surface area contributed by atoms with Crippen LogP contribution in [-0.2, 0) is 4.74 Å². The van der Waals surface area contributed by atoms with E-state index in [1.165, 1.54) is 6.20 Å². The van der Waals surface area contributed by atoms with Crippen LogP contribution in [0, 0.1) is 6.92 Å². The van der Waals surface area contributed by atoms with Crippen molar-refractivity contribution < 1.29 is 4.74 Å². The third-order valence-corrected chi connectivity index (χ3v) is 4.27. The Kier molecular flexibility index (Phi) is 4.85. The Balaban J connectivity index is 1.77. The van der Waals surface area contributed by atoms with E-state index in [1.807, 2.05) is 24.0 Å². The summed E-state index contributed by atoms with van der Waals surface area (Å²) in [6, 6.07) is 5.47. The predicted molar refractivity (Wildman–Crippen MR) is 106 cm³/mol. The lowest BCUT2D eigenvalue weighted by atomic mass is 10.2. The molecule has 0 saturated carbocycles. The summed E-state index contributed by atoms with van der Waals surface area (Å²) < 4.78 is 5.41. The van der Waals surface area contributed by atoms with Gasteiger partial charge in [-0.25, -0.2) is 9.97 Å². The number of nitrogens with one attached hydrogen (secondary N) is 2. The molecule has 3 aromatic rings. The Hall–Kier alpha value is -3.53. The highest BCUT2D eigenvalue weighted by atomic mass is 16.5. The van der Waals surface area contributed by atoms with Crippen molar-refractivity contribution in [1.29, 1.82) is 0 Å². The third kappa shape index (κ3) is 3.91. The highest BCUT2D eigenvalue weighted by Crippen LogP contribution is 2.23. The maximum absolute atomic E-state index is 12.3. The first-order valence-corrected chi connectivity index (χ1v) is 8.85. The minimum Gasteiger partial charge on any atom is -0.378 e. The zero-order valence-corrected chi connectivity index (χ0v) is 15.3. The number of anilines is 4. The standard InChI is InChI=1S/C18H20N8O2/c1-11-8-12(2-3-20-11)22-15-9-14(13-10-21-17(19)25-16(13)27)23-18(24-15)26-4-6-28-7-5-26/h2-3,8-10H,4-7H2,1H3,(H3,19,21,25,27)(H,20,22,23,24). The molecule has 1 saturated heterocycles. The molecule has 0 atom stereocenters. The van der Waals surface area contributed by atoms with Crippen LogP contribution in [0.3, 0.4) is 0 Å². The van der Waals surface area contributed by atoms with Crippen LogP contribution in [0.2, 0.25) is 0 Å². The van der Waals surface area contributed by atoms with Gasteiger partial charge in [0.1, 0.15) is 5.82 Å². The number of nitrogens with zero attached hydrogens (tertiary/aromatic N) is 5. The number of ether oxygens (including phenoxy) is 1. The summed E-state index contributed by atoms with van der Waals surface area (Å²) in [7, 11) is 0. The summed E-state index contributed by atoms with van der Waals surface area (Å²) in [5, 5.41) is 3.26. The van der Waals surface area contributed by atoms with Gasteiger partial charge >= 0.3 is 0 Å². The summed E-state index contributed by atoms with van der Waals surface area (Å²) in [5.41, 5.74) is 7.70. The van der Waals surface area contributed by atoms with Crippen molar-refractivity contribution in [3.05, 3.63) is 46.6 Å². The van der Waals surface area contributed by atoms with Crippen LogP contribution in [0.15, 0.2) is 35.4 Å². The lowest BCUT2D eigenvalue weighted by molar-refractivity contribution is 0.122. The number of rotatable bonds is 4. The molecule has 0 aromatic carbocycles. The van der Waals surface area contributed by atoms with E-state index in [2.05, 4.69) is 30.2 Å². The molecule has 0 aliphatic carbocycles. The van der Waals surface area contributed by atoms with Crippen molar-refractivity contribution in [2.24, 2.45) is 0 Å². The molecule has 4 heterocycles. The van der Waals surface area contributed by atoms with Crippen LogP contribution in [0.5, 0.6) is 0 Å². The van der Waals surface area contributed by atoms with Gasteiger partial charge in [0.25, 0.3) is 5.56 Å². The number of hydrogen-bond donors (Lipinski definition) is 3. The normalized spacial score (nSPS) is 14.1. The van der Waals surface area contributed by atoms with Crippen molar-refractivity contribution in [1.82, 2.24) is 24.9 Å². The van der Waals surface area contributed by atoms with Crippen molar-refractivity contribution >= 4 is 23.4 Å². The fourth-order valence-electron chi connectivity index (χ4n) is 2.90. The molecule has 10 heteroatoms. The first-order chi connectivity index (χ1) is 13.6. The van der Waals surface area contributed by atoms with E-state index in [0.29, 0.717) is 49.3 Å². The summed E-state index contributed by atoms with van der Waals surface area (Å²) in [4.78, 5) is 34.3. The first-order valence-electron chi connectivity index (χ1n) is 8.85. The van der Waals surface area contributed by atoms with Gasteiger partial charge in [-0.2, -0.15) is 4.98 Å². The number of aromatic amines is 1. The van der Waals surface area contributed by atoms with E-state index in [0.717, 1.165) is 11.4 Å². The van der Waals surface area contributed by atoms with Gasteiger partial charge in [-0.1, -0.05) is 0 Å². The second-order valence-corrected chi connectivity index (χ2v) is 6.36. The fourth-order valence-corrected chi connectivity index (χ4v) is 2.90. The molecule has 144 valence electrons. The minimum absolute atomic E-state index is 0.0572. The first kappa shape index (κ1) is 17.9. The van der Waals surface area contributed by atoms with Gasteiger partial charge in [0.15, 0.2) is 5.95 Å². The molecule has 0 amide bonds. The van der Waals surface area contributed by atoms with Gasteiger partial charge in [0, 0.05) is 42.9 Å². The maximum atomic E-state index is 12.3. The van der Waals surface area contributed by atoms with Crippen LogP contribution in [0.1, 0.15) is 5.69 Å². The smallest absolute Gasteiger partial charge is 0.261 e. The van der Waals surface area contributed by atoms with E-state index in [9.17, 15) is 4.79 Å². The number of pyridine rings is 1. The fraction of sp³-hybridized carbons (Fsp3) is 0.278. The molecule has 1 aliphatic heterocycles.